The number of piperidine rings is 1. The second-order valence-electron chi connectivity index (χ2n) is 7.13. The predicted octanol–water partition coefficient (Wildman–Crippen LogP) is 3.11. The van der Waals surface area contributed by atoms with Crippen molar-refractivity contribution >= 4 is 23.3 Å². The van der Waals surface area contributed by atoms with E-state index in [9.17, 15) is 4.79 Å². The summed E-state index contributed by atoms with van der Waals surface area (Å²) in [6.45, 7) is 9.29. The molecule has 2 saturated heterocycles. The second-order valence-corrected chi connectivity index (χ2v) is 7.91. The van der Waals surface area contributed by atoms with Crippen molar-refractivity contribution in [2.24, 2.45) is 5.92 Å². The van der Waals surface area contributed by atoms with Crippen LogP contribution in [0.15, 0.2) is 22.9 Å². The fourth-order valence-corrected chi connectivity index (χ4v) is 4.41. The first-order valence-corrected chi connectivity index (χ1v) is 9.91. The van der Waals surface area contributed by atoms with Gasteiger partial charge < -0.3 is 9.64 Å². The molecule has 3 rings (SSSR count). The minimum Gasteiger partial charge on any atom is -0.373 e. The molecule has 1 aromatic heterocycles. The van der Waals surface area contributed by atoms with Crippen LogP contribution in [0.1, 0.15) is 32.3 Å². The highest BCUT2D eigenvalue weighted by molar-refractivity contribution is 7.08. The number of hydrogen-bond donors (Lipinski definition) is 0. The number of thiophene rings is 1. The van der Waals surface area contributed by atoms with Crippen molar-refractivity contribution in [2.75, 3.05) is 32.7 Å². The average molecular weight is 349 g/mol. The van der Waals surface area contributed by atoms with Gasteiger partial charge in [0.05, 0.1) is 12.2 Å². The second kappa shape index (κ2) is 8.28. The maximum atomic E-state index is 12.3. The molecule has 2 fully saturated rings. The summed E-state index contributed by atoms with van der Waals surface area (Å²) in [6, 6.07) is 2.03. The zero-order valence-electron chi connectivity index (χ0n) is 14.7. The van der Waals surface area contributed by atoms with E-state index in [0.29, 0.717) is 18.1 Å². The van der Waals surface area contributed by atoms with Gasteiger partial charge >= 0.3 is 0 Å². The van der Waals surface area contributed by atoms with Gasteiger partial charge in [-0.3, -0.25) is 9.69 Å². The van der Waals surface area contributed by atoms with Crippen LogP contribution in [-0.4, -0.2) is 60.6 Å². The van der Waals surface area contributed by atoms with Gasteiger partial charge in [0, 0.05) is 38.8 Å². The van der Waals surface area contributed by atoms with Crippen LogP contribution in [0.25, 0.3) is 6.08 Å². The average Bonchev–Trinajstić information content (AvgIpc) is 3.06. The van der Waals surface area contributed by atoms with E-state index in [-0.39, 0.29) is 5.91 Å². The summed E-state index contributed by atoms with van der Waals surface area (Å²) in [6.07, 6.45) is 6.51. The number of nitrogens with zero attached hydrogens (tertiary/aromatic N) is 2. The van der Waals surface area contributed by atoms with Gasteiger partial charge in [-0.1, -0.05) is 0 Å². The first-order valence-electron chi connectivity index (χ1n) is 8.97. The SMILES string of the molecule is CC1CN(CC2CCN(C(=O)C=Cc3ccsc3)CC2)CC(C)O1. The summed E-state index contributed by atoms with van der Waals surface area (Å²) < 4.78 is 5.81. The smallest absolute Gasteiger partial charge is 0.246 e. The number of carbonyl (C=O) groups excluding carboxylic acids is 1. The summed E-state index contributed by atoms with van der Waals surface area (Å²) in [7, 11) is 0. The molecule has 5 heteroatoms. The molecule has 0 bridgehead atoms. The first-order chi connectivity index (χ1) is 11.6. The minimum atomic E-state index is 0.147. The number of likely N-dealkylation sites (tertiary alicyclic amines) is 1. The topological polar surface area (TPSA) is 32.8 Å². The zero-order valence-corrected chi connectivity index (χ0v) is 15.5. The van der Waals surface area contributed by atoms with E-state index in [2.05, 4.69) is 24.1 Å². The molecule has 0 saturated carbocycles. The minimum absolute atomic E-state index is 0.147. The van der Waals surface area contributed by atoms with E-state index in [0.717, 1.165) is 51.1 Å². The van der Waals surface area contributed by atoms with Crippen molar-refractivity contribution < 1.29 is 9.53 Å². The van der Waals surface area contributed by atoms with Crippen molar-refractivity contribution in [1.29, 1.82) is 0 Å². The Hall–Kier alpha value is -1.17. The lowest BCUT2D eigenvalue weighted by Crippen LogP contribution is -2.48. The standard InChI is InChI=1S/C19H28N2O2S/c1-15-11-20(12-16(2)23-15)13-17-5-8-21(9-6-17)19(22)4-3-18-7-10-24-14-18/h3-4,7,10,14-17H,5-6,8-9,11-13H2,1-2H3. The third kappa shape index (κ3) is 4.91. The predicted molar refractivity (Wildman–Crippen MR) is 99.1 cm³/mol. The Morgan fingerprint density at radius 2 is 2.00 bits per heavy atom. The van der Waals surface area contributed by atoms with Crippen molar-refractivity contribution in [3.05, 3.63) is 28.5 Å². The monoisotopic (exact) mass is 348 g/mol. The maximum Gasteiger partial charge on any atom is 0.246 e. The molecule has 132 valence electrons. The molecule has 24 heavy (non-hydrogen) atoms. The normalized spacial score (nSPS) is 27.0. The molecule has 2 aliphatic rings. The summed E-state index contributed by atoms with van der Waals surface area (Å²) in [5.41, 5.74) is 1.11. The lowest BCUT2D eigenvalue weighted by Gasteiger charge is -2.39. The molecular weight excluding hydrogens is 320 g/mol. The van der Waals surface area contributed by atoms with Crippen molar-refractivity contribution in [3.8, 4) is 0 Å². The van der Waals surface area contributed by atoms with Crippen LogP contribution in [0.2, 0.25) is 0 Å². The van der Waals surface area contributed by atoms with Gasteiger partial charge in [0.25, 0.3) is 0 Å². The molecule has 0 spiro atoms. The van der Waals surface area contributed by atoms with Crippen LogP contribution in [-0.2, 0) is 9.53 Å². The van der Waals surface area contributed by atoms with Crippen LogP contribution >= 0.6 is 11.3 Å². The van der Waals surface area contributed by atoms with Crippen LogP contribution < -0.4 is 0 Å². The maximum absolute atomic E-state index is 12.3. The number of hydrogen-bond acceptors (Lipinski definition) is 4. The Morgan fingerprint density at radius 3 is 2.62 bits per heavy atom. The largest absolute Gasteiger partial charge is 0.373 e. The van der Waals surface area contributed by atoms with Gasteiger partial charge in [0.1, 0.15) is 0 Å². The molecular formula is C19H28N2O2S. The Morgan fingerprint density at radius 1 is 1.29 bits per heavy atom. The third-order valence-electron chi connectivity index (χ3n) is 4.90. The van der Waals surface area contributed by atoms with E-state index in [4.69, 9.17) is 4.74 Å². The number of ether oxygens (including phenoxy) is 1. The Kier molecular flexibility index (Phi) is 6.09. The first kappa shape index (κ1) is 17.6. The lowest BCUT2D eigenvalue weighted by atomic mass is 9.95. The van der Waals surface area contributed by atoms with Crippen molar-refractivity contribution in [3.63, 3.8) is 0 Å². The van der Waals surface area contributed by atoms with Crippen molar-refractivity contribution in [1.82, 2.24) is 9.80 Å². The molecule has 3 heterocycles. The summed E-state index contributed by atoms with van der Waals surface area (Å²) in [4.78, 5) is 16.8. The van der Waals surface area contributed by atoms with E-state index < -0.39 is 0 Å². The summed E-state index contributed by atoms with van der Waals surface area (Å²) >= 11 is 1.65. The number of morpholine rings is 1. The molecule has 1 aromatic rings. The molecule has 2 atom stereocenters. The summed E-state index contributed by atoms with van der Waals surface area (Å²) in [5, 5.41) is 4.09. The van der Waals surface area contributed by atoms with Gasteiger partial charge in [0.2, 0.25) is 5.91 Å². The highest BCUT2D eigenvalue weighted by atomic mass is 32.1. The molecule has 1 amide bonds. The van der Waals surface area contributed by atoms with Gasteiger partial charge in [-0.05, 0) is 61.1 Å². The van der Waals surface area contributed by atoms with Gasteiger partial charge in [-0.2, -0.15) is 11.3 Å². The molecule has 2 aliphatic heterocycles. The number of carbonyl (C=O) groups is 1. The van der Waals surface area contributed by atoms with E-state index in [1.54, 1.807) is 17.4 Å². The third-order valence-corrected chi connectivity index (χ3v) is 5.60. The quantitative estimate of drug-likeness (QED) is 0.784. The van der Waals surface area contributed by atoms with E-state index in [1.165, 1.54) is 0 Å². The Labute approximate surface area is 149 Å². The molecule has 2 unspecified atom stereocenters. The van der Waals surface area contributed by atoms with E-state index in [1.807, 2.05) is 22.4 Å². The molecule has 0 aromatic carbocycles. The fraction of sp³-hybridized carbons (Fsp3) is 0.632. The highest BCUT2D eigenvalue weighted by Crippen LogP contribution is 2.21. The van der Waals surface area contributed by atoms with Gasteiger partial charge in [0.15, 0.2) is 0 Å². The highest BCUT2D eigenvalue weighted by Gasteiger charge is 2.27. The van der Waals surface area contributed by atoms with Crippen LogP contribution in [0.3, 0.4) is 0 Å². The molecule has 0 radical (unpaired) electrons. The zero-order chi connectivity index (χ0) is 16.9. The van der Waals surface area contributed by atoms with Crippen LogP contribution in [0.4, 0.5) is 0 Å². The van der Waals surface area contributed by atoms with Gasteiger partial charge in [-0.25, -0.2) is 0 Å². The fourth-order valence-electron chi connectivity index (χ4n) is 3.78. The van der Waals surface area contributed by atoms with Crippen molar-refractivity contribution in [2.45, 2.75) is 38.9 Å². The molecule has 0 N–H and O–H groups in total. The van der Waals surface area contributed by atoms with Crippen LogP contribution in [0, 0.1) is 5.92 Å². The lowest BCUT2D eigenvalue weighted by molar-refractivity contribution is -0.127. The summed E-state index contributed by atoms with van der Waals surface area (Å²) in [5.74, 6) is 0.848. The Bertz CT molecular complexity index is 540. The molecule has 0 aliphatic carbocycles. The number of rotatable bonds is 4. The Balaban J connectivity index is 1.43. The molecule has 4 nitrogen and oxygen atoms in total. The van der Waals surface area contributed by atoms with Gasteiger partial charge in [-0.15, -0.1) is 0 Å². The number of amides is 1. The van der Waals surface area contributed by atoms with Crippen LogP contribution in [0.5, 0.6) is 0 Å². The van der Waals surface area contributed by atoms with E-state index >= 15 is 0 Å².